The van der Waals surface area contributed by atoms with Crippen LogP contribution in [0.3, 0.4) is 0 Å². The van der Waals surface area contributed by atoms with E-state index in [1.54, 1.807) is 6.07 Å². The van der Waals surface area contributed by atoms with Gasteiger partial charge in [-0.25, -0.2) is 4.39 Å². The first kappa shape index (κ1) is 26.9. The van der Waals surface area contributed by atoms with Gasteiger partial charge >= 0.3 is 6.18 Å². The van der Waals surface area contributed by atoms with Crippen LogP contribution in [0.5, 0.6) is 0 Å². The smallest absolute Gasteiger partial charge is 0.384 e. The van der Waals surface area contributed by atoms with Gasteiger partial charge in [0.25, 0.3) is 5.91 Å². The molecule has 2 aromatic carbocycles. The van der Waals surface area contributed by atoms with E-state index in [4.69, 9.17) is 0 Å². The number of benzene rings is 2. The number of amides is 3. The van der Waals surface area contributed by atoms with E-state index in [0.29, 0.717) is 43.6 Å². The number of alkyl halides is 3. The van der Waals surface area contributed by atoms with E-state index in [0.717, 1.165) is 12.1 Å². The van der Waals surface area contributed by atoms with Crippen LogP contribution in [0.2, 0.25) is 0 Å². The molecule has 0 radical (unpaired) electrons. The summed E-state index contributed by atoms with van der Waals surface area (Å²) in [5.74, 6) is -2.07. The van der Waals surface area contributed by atoms with Gasteiger partial charge in [0, 0.05) is 48.2 Å². The summed E-state index contributed by atoms with van der Waals surface area (Å²) < 4.78 is 55.1. The number of hydrogen-bond acceptors (Lipinski definition) is 5. The normalized spacial score (nSPS) is 28.4. The SMILES string of the molecule is CCC12Cc3cc4c(c(F)c3[C@@]1(O)CCN(Cc1ccc(C(F)(F)F)cc1)C2)CN([C@H]1CCC(=O)NC1=O)C4=O. The summed E-state index contributed by atoms with van der Waals surface area (Å²) in [5, 5.41) is 14.3. The molecule has 1 unspecified atom stereocenters. The topological polar surface area (TPSA) is 89.9 Å². The minimum absolute atomic E-state index is 0.0945. The second-order valence-corrected chi connectivity index (χ2v) is 11.5. The van der Waals surface area contributed by atoms with Crippen LogP contribution in [0, 0.1) is 11.2 Å². The summed E-state index contributed by atoms with van der Waals surface area (Å²) in [6, 6.07) is 5.81. The lowest BCUT2D eigenvalue weighted by atomic mass is 9.66. The second-order valence-electron chi connectivity index (χ2n) is 11.5. The number of aliphatic hydroxyl groups is 1. The predicted molar refractivity (Wildman–Crippen MR) is 134 cm³/mol. The number of halogens is 4. The van der Waals surface area contributed by atoms with Crippen LogP contribution in [0.15, 0.2) is 30.3 Å². The molecule has 3 heterocycles. The fourth-order valence-corrected chi connectivity index (χ4v) is 7.21. The fourth-order valence-electron chi connectivity index (χ4n) is 7.21. The van der Waals surface area contributed by atoms with Gasteiger partial charge < -0.3 is 10.0 Å². The van der Waals surface area contributed by atoms with Gasteiger partial charge in [-0.15, -0.1) is 0 Å². The van der Waals surface area contributed by atoms with Gasteiger partial charge in [0.15, 0.2) is 0 Å². The number of hydrogen-bond donors (Lipinski definition) is 2. The summed E-state index contributed by atoms with van der Waals surface area (Å²) in [5.41, 5.74) is -1.10. The van der Waals surface area contributed by atoms with Crippen LogP contribution >= 0.6 is 0 Å². The van der Waals surface area contributed by atoms with Crippen molar-refractivity contribution in [3.8, 4) is 0 Å². The highest BCUT2D eigenvalue weighted by atomic mass is 19.4. The Labute approximate surface area is 228 Å². The standard InChI is InChI=1S/C29H29F4N3O4/c1-2-27-12-17-11-19-20(14-36(26(19)39)21-7-8-22(37)34-25(21)38)24(30)23(17)28(27,40)9-10-35(15-27)13-16-3-5-18(6-4-16)29(31,32)33/h3-6,11,21,40H,2,7-10,12-15H2,1H3,(H,34,37,38)/t21-,27?,28-/m0/s1. The first-order valence-electron chi connectivity index (χ1n) is 13.5. The number of carbonyl (C=O) groups is 3. The van der Waals surface area contributed by atoms with Crippen molar-refractivity contribution < 1.29 is 37.1 Å². The maximum absolute atomic E-state index is 16.2. The molecule has 3 aliphatic heterocycles. The number of fused-ring (bicyclic) bond motifs is 4. The van der Waals surface area contributed by atoms with Crippen LogP contribution in [0.4, 0.5) is 17.6 Å². The minimum Gasteiger partial charge on any atom is -0.384 e. The number of imide groups is 1. The number of nitrogens with one attached hydrogen (secondary N) is 1. The van der Waals surface area contributed by atoms with Crippen molar-refractivity contribution in [1.82, 2.24) is 15.1 Å². The summed E-state index contributed by atoms with van der Waals surface area (Å²) in [6.45, 7) is 3.03. The molecule has 6 rings (SSSR count). The zero-order valence-corrected chi connectivity index (χ0v) is 21.9. The Balaban J connectivity index is 1.26. The quantitative estimate of drug-likeness (QED) is 0.441. The predicted octanol–water partition coefficient (Wildman–Crippen LogP) is 3.65. The maximum atomic E-state index is 16.2. The molecule has 3 atom stereocenters. The Morgan fingerprint density at radius 3 is 2.52 bits per heavy atom. The zero-order chi connectivity index (χ0) is 28.6. The van der Waals surface area contributed by atoms with Crippen LogP contribution in [0.1, 0.15) is 70.8 Å². The molecule has 0 spiro atoms. The Morgan fingerprint density at radius 2 is 1.88 bits per heavy atom. The van der Waals surface area contributed by atoms with Gasteiger partial charge in [-0.05, 0) is 55.0 Å². The molecule has 0 saturated carbocycles. The minimum atomic E-state index is -4.41. The third-order valence-corrected chi connectivity index (χ3v) is 9.36. The second kappa shape index (κ2) is 9.10. The Kier molecular flexibility index (Phi) is 6.12. The van der Waals surface area contributed by atoms with Crippen molar-refractivity contribution >= 4 is 17.7 Å². The van der Waals surface area contributed by atoms with E-state index in [2.05, 4.69) is 10.2 Å². The molecule has 2 N–H and O–H groups in total. The summed E-state index contributed by atoms with van der Waals surface area (Å²) in [4.78, 5) is 40.7. The van der Waals surface area contributed by atoms with Crippen molar-refractivity contribution in [1.29, 1.82) is 0 Å². The summed E-state index contributed by atoms with van der Waals surface area (Å²) >= 11 is 0. The zero-order valence-electron chi connectivity index (χ0n) is 21.9. The lowest BCUT2D eigenvalue weighted by Gasteiger charge is -2.50. The largest absolute Gasteiger partial charge is 0.416 e. The highest BCUT2D eigenvalue weighted by molar-refractivity contribution is 6.05. The summed E-state index contributed by atoms with van der Waals surface area (Å²) in [6.07, 6.45) is -3.04. The highest BCUT2D eigenvalue weighted by Gasteiger charge is 2.60. The molecule has 0 aromatic heterocycles. The van der Waals surface area contributed by atoms with Crippen molar-refractivity contribution in [2.75, 3.05) is 13.1 Å². The molecule has 2 saturated heterocycles. The van der Waals surface area contributed by atoms with Crippen LogP contribution < -0.4 is 5.32 Å². The number of carbonyl (C=O) groups excluding carboxylic acids is 3. The average molecular weight is 560 g/mol. The number of nitrogens with zero attached hydrogens (tertiary/aromatic N) is 2. The van der Waals surface area contributed by atoms with Gasteiger partial charge in [-0.1, -0.05) is 19.1 Å². The first-order chi connectivity index (χ1) is 18.9. The highest BCUT2D eigenvalue weighted by Crippen LogP contribution is 2.58. The van der Waals surface area contributed by atoms with Crippen molar-refractivity contribution in [3.05, 3.63) is 69.5 Å². The average Bonchev–Trinajstić information content (AvgIpc) is 3.36. The van der Waals surface area contributed by atoms with Crippen molar-refractivity contribution in [2.45, 2.75) is 69.9 Å². The van der Waals surface area contributed by atoms with E-state index < -0.39 is 52.3 Å². The molecule has 212 valence electrons. The van der Waals surface area contributed by atoms with Gasteiger partial charge in [-0.2, -0.15) is 13.2 Å². The molecule has 7 nitrogen and oxygen atoms in total. The number of rotatable bonds is 4. The molecule has 2 fully saturated rings. The van der Waals surface area contributed by atoms with E-state index in [-0.39, 0.29) is 42.5 Å². The summed E-state index contributed by atoms with van der Waals surface area (Å²) in [7, 11) is 0. The van der Waals surface area contributed by atoms with Crippen molar-refractivity contribution in [2.24, 2.45) is 5.41 Å². The third-order valence-electron chi connectivity index (χ3n) is 9.36. The van der Waals surface area contributed by atoms with Crippen molar-refractivity contribution in [3.63, 3.8) is 0 Å². The fraction of sp³-hybridized carbons (Fsp3) is 0.483. The Morgan fingerprint density at radius 1 is 1.15 bits per heavy atom. The molecule has 3 amide bonds. The molecule has 2 aromatic rings. The van der Waals surface area contributed by atoms with E-state index in [1.165, 1.54) is 17.0 Å². The van der Waals surface area contributed by atoms with Gasteiger partial charge in [0.1, 0.15) is 17.5 Å². The van der Waals surface area contributed by atoms with Crippen LogP contribution in [-0.4, -0.2) is 51.8 Å². The van der Waals surface area contributed by atoms with Gasteiger partial charge in [0.2, 0.25) is 11.8 Å². The number of likely N-dealkylation sites (tertiary alicyclic amines) is 1. The molecule has 1 aliphatic carbocycles. The van der Waals surface area contributed by atoms with E-state index in [9.17, 15) is 32.7 Å². The van der Waals surface area contributed by atoms with Crippen LogP contribution in [-0.2, 0) is 40.9 Å². The molecular weight excluding hydrogens is 530 g/mol. The van der Waals surface area contributed by atoms with E-state index >= 15 is 4.39 Å². The Bertz CT molecular complexity index is 1430. The number of piperidine rings is 2. The first-order valence-corrected chi connectivity index (χ1v) is 13.5. The molecule has 4 aliphatic rings. The molecule has 0 bridgehead atoms. The molecular formula is C29H29F4N3O4. The lowest BCUT2D eigenvalue weighted by molar-refractivity contribution is -0.138. The third kappa shape index (κ3) is 3.96. The maximum Gasteiger partial charge on any atom is 0.416 e. The molecule has 40 heavy (non-hydrogen) atoms. The van der Waals surface area contributed by atoms with Gasteiger partial charge in [-0.3, -0.25) is 24.6 Å². The van der Waals surface area contributed by atoms with Crippen LogP contribution in [0.25, 0.3) is 0 Å². The Hall–Kier alpha value is -3.31. The lowest BCUT2D eigenvalue weighted by Crippen LogP contribution is -2.56. The van der Waals surface area contributed by atoms with E-state index in [1.807, 2.05) is 6.92 Å². The van der Waals surface area contributed by atoms with Gasteiger partial charge in [0.05, 0.1) is 12.1 Å². The molecule has 11 heteroatoms. The monoisotopic (exact) mass is 559 g/mol.